The predicted octanol–water partition coefficient (Wildman–Crippen LogP) is 2.07. The first-order chi connectivity index (χ1) is 9.96. The van der Waals surface area contributed by atoms with E-state index in [1.54, 1.807) is 0 Å². The zero-order valence-electron chi connectivity index (χ0n) is 13.0. The molecule has 0 aliphatic heterocycles. The monoisotopic (exact) mass is 313 g/mol. The van der Waals surface area contributed by atoms with Crippen LogP contribution in [0.25, 0.3) is 0 Å². The number of hydrogen-bond acceptors (Lipinski definition) is 7. The molecule has 0 atom stereocenters. The third-order valence-corrected chi connectivity index (χ3v) is 4.53. The van der Waals surface area contributed by atoms with E-state index in [9.17, 15) is 9.59 Å². The second kappa shape index (κ2) is 7.99. The number of nitrogens with one attached hydrogen (secondary N) is 1. The average Bonchev–Trinajstić information content (AvgIpc) is 2.80. The smallest absolute Gasteiger partial charge is 0.343 e. The van der Waals surface area contributed by atoms with Gasteiger partial charge < -0.3 is 20.7 Å². The molecule has 3 N–H and O–H groups in total. The van der Waals surface area contributed by atoms with Gasteiger partial charge in [0.25, 0.3) is 0 Å². The van der Waals surface area contributed by atoms with Crippen molar-refractivity contribution < 1.29 is 14.3 Å². The number of rotatable bonds is 8. The number of likely N-dealkylation sites (N-methyl/N-ethyl adjacent to an activating group) is 1. The molecular weight excluding hydrogens is 290 g/mol. The standard InChI is InChI=1S/C14H23N3O3S/c1-5-17(6-2)8-7-16-13-10(14(19)20-4)11(15)12(21-13)9(3)18/h16H,5-8,15H2,1-4H3. The molecular formula is C14H23N3O3S. The number of methoxy groups -OCH3 is 1. The fourth-order valence-electron chi connectivity index (χ4n) is 2.00. The molecule has 0 spiro atoms. The number of hydrogen-bond donors (Lipinski definition) is 2. The van der Waals surface area contributed by atoms with Crippen molar-refractivity contribution in [1.82, 2.24) is 4.90 Å². The molecule has 0 saturated heterocycles. The highest BCUT2D eigenvalue weighted by molar-refractivity contribution is 7.19. The van der Waals surface area contributed by atoms with Gasteiger partial charge in [0.1, 0.15) is 10.6 Å². The molecule has 1 heterocycles. The number of carbonyl (C=O) groups excluding carboxylic acids is 2. The van der Waals surface area contributed by atoms with E-state index in [0.29, 0.717) is 16.4 Å². The molecule has 0 aliphatic rings. The van der Waals surface area contributed by atoms with Gasteiger partial charge in [0.05, 0.1) is 17.7 Å². The minimum Gasteiger partial charge on any atom is -0.465 e. The van der Waals surface area contributed by atoms with Gasteiger partial charge >= 0.3 is 5.97 Å². The second-order valence-electron chi connectivity index (χ2n) is 4.55. The second-order valence-corrected chi connectivity index (χ2v) is 5.57. The number of thiophene rings is 1. The third kappa shape index (κ3) is 4.18. The Balaban J connectivity index is 2.92. The van der Waals surface area contributed by atoms with Crippen LogP contribution in [0, 0.1) is 0 Å². The van der Waals surface area contributed by atoms with E-state index in [1.807, 2.05) is 0 Å². The van der Waals surface area contributed by atoms with Gasteiger partial charge in [0, 0.05) is 20.0 Å². The number of ether oxygens (including phenoxy) is 1. The highest BCUT2D eigenvalue weighted by Gasteiger charge is 2.24. The molecule has 0 aliphatic carbocycles. The van der Waals surface area contributed by atoms with E-state index in [1.165, 1.54) is 25.4 Å². The lowest BCUT2D eigenvalue weighted by atomic mass is 10.2. The van der Waals surface area contributed by atoms with Crippen LogP contribution in [0.1, 0.15) is 40.8 Å². The fraction of sp³-hybridized carbons (Fsp3) is 0.571. The number of esters is 1. The number of nitrogens with two attached hydrogens (primary N) is 1. The Hall–Kier alpha value is -1.60. The van der Waals surface area contributed by atoms with E-state index in [0.717, 1.165) is 19.6 Å². The fourth-order valence-corrected chi connectivity index (χ4v) is 3.03. The van der Waals surface area contributed by atoms with Crippen LogP contribution in [0.3, 0.4) is 0 Å². The lowest BCUT2D eigenvalue weighted by Crippen LogP contribution is -2.28. The van der Waals surface area contributed by atoms with Crippen molar-refractivity contribution in [3.8, 4) is 0 Å². The maximum Gasteiger partial charge on any atom is 0.343 e. The summed E-state index contributed by atoms with van der Waals surface area (Å²) in [4.78, 5) is 26.0. The summed E-state index contributed by atoms with van der Waals surface area (Å²) in [7, 11) is 1.30. The first-order valence-corrected chi connectivity index (χ1v) is 7.75. The van der Waals surface area contributed by atoms with E-state index >= 15 is 0 Å². The number of ketones is 1. The maximum absolute atomic E-state index is 11.8. The van der Waals surface area contributed by atoms with Gasteiger partial charge in [-0.1, -0.05) is 13.8 Å². The Morgan fingerprint density at radius 2 is 1.95 bits per heavy atom. The predicted molar refractivity (Wildman–Crippen MR) is 86.4 cm³/mol. The maximum atomic E-state index is 11.8. The summed E-state index contributed by atoms with van der Waals surface area (Å²) in [6.45, 7) is 9.08. The van der Waals surface area contributed by atoms with E-state index in [2.05, 4.69) is 24.1 Å². The number of Topliss-reactive ketones (excluding diaryl/α,β-unsaturated/α-hetero) is 1. The molecule has 0 radical (unpaired) electrons. The topological polar surface area (TPSA) is 84.7 Å². The van der Waals surface area contributed by atoms with E-state index in [4.69, 9.17) is 10.5 Å². The van der Waals surface area contributed by atoms with Gasteiger partial charge in [-0.3, -0.25) is 4.79 Å². The average molecular weight is 313 g/mol. The van der Waals surface area contributed by atoms with Crippen molar-refractivity contribution in [1.29, 1.82) is 0 Å². The van der Waals surface area contributed by atoms with Gasteiger partial charge in [-0.25, -0.2) is 4.79 Å². The molecule has 6 nitrogen and oxygen atoms in total. The van der Waals surface area contributed by atoms with Crippen molar-refractivity contribution in [3.05, 3.63) is 10.4 Å². The van der Waals surface area contributed by atoms with Crippen molar-refractivity contribution in [2.24, 2.45) is 0 Å². The highest BCUT2D eigenvalue weighted by Crippen LogP contribution is 2.36. The van der Waals surface area contributed by atoms with Gasteiger partial charge in [-0.15, -0.1) is 11.3 Å². The summed E-state index contributed by atoms with van der Waals surface area (Å²) in [5.74, 6) is -0.680. The molecule has 118 valence electrons. The number of nitrogens with zero attached hydrogens (tertiary/aromatic N) is 1. The summed E-state index contributed by atoms with van der Waals surface area (Å²) in [6, 6.07) is 0. The third-order valence-electron chi connectivity index (χ3n) is 3.26. The number of anilines is 2. The molecule has 21 heavy (non-hydrogen) atoms. The van der Waals surface area contributed by atoms with Crippen LogP contribution in [0.5, 0.6) is 0 Å². The minimum absolute atomic E-state index is 0.153. The molecule has 0 unspecified atom stereocenters. The number of carbonyl (C=O) groups is 2. The molecule has 0 amide bonds. The molecule has 1 rings (SSSR count). The lowest BCUT2D eigenvalue weighted by molar-refractivity contribution is 0.0603. The summed E-state index contributed by atoms with van der Waals surface area (Å²) < 4.78 is 4.75. The highest BCUT2D eigenvalue weighted by atomic mass is 32.1. The number of nitrogen functional groups attached to an aromatic ring is 1. The zero-order valence-corrected chi connectivity index (χ0v) is 13.8. The Labute approximate surface area is 129 Å². The van der Waals surface area contributed by atoms with Gasteiger partial charge in [0.2, 0.25) is 0 Å². The van der Waals surface area contributed by atoms with Crippen LogP contribution in [0.2, 0.25) is 0 Å². The van der Waals surface area contributed by atoms with Crippen LogP contribution >= 0.6 is 11.3 Å². The zero-order chi connectivity index (χ0) is 16.0. The SMILES string of the molecule is CCN(CC)CCNc1sc(C(C)=O)c(N)c1C(=O)OC. The molecule has 0 bridgehead atoms. The molecule has 7 heteroatoms. The van der Waals surface area contributed by atoms with Gasteiger partial charge in [-0.2, -0.15) is 0 Å². The largest absolute Gasteiger partial charge is 0.465 e. The normalized spacial score (nSPS) is 10.7. The summed E-state index contributed by atoms with van der Waals surface area (Å²) in [6.07, 6.45) is 0. The van der Waals surface area contributed by atoms with Crippen LogP contribution in [-0.4, -0.2) is 49.9 Å². The molecule has 1 aromatic rings. The van der Waals surface area contributed by atoms with Crippen LogP contribution in [-0.2, 0) is 4.74 Å². The lowest BCUT2D eigenvalue weighted by Gasteiger charge is -2.18. The van der Waals surface area contributed by atoms with Crippen molar-refractivity contribution in [2.75, 3.05) is 44.3 Å². The minimum atomic E-state index is -0.526. The summed E-state index contributed by atoms with van der Waals surface area (Å²) in [5, 5.41) is 3.78. The van der Waals surface area contributed by atoms with Crippen molar-refractivity contribution >= 4 is 33.8 Å². The quantitative estimate of drug-likeness (QED) is 0.564. The van der Waals surface area contributed by atoms with E-state index < -0.39 is 5.97 Å². The molecule has 0 fully saturated rings. The van der Waals surface area contributed by atoms with Gasteiger partial charge in [0.15, 0.2) is 5.78 Å². The Morgan fingerprint density at radius 1 is 1.33 bits per heavy atom. The van der Waals surface area contributed by atoms with Gasteiger partial charge in [-0.05, 0) is 13.1 Å². The van der Waals surface area contributed by atoms with Crippen molar-refractivity contribution in [2.45, 2.75) is 20.8 Å². The summed E-state index contributed by atoms with van der Waals surface area (Å²) in [5.41, 5.74) is 6.36. The van der Waals surface area contributed by atoms with Crippen LogP contribution in [0.15, 0.2) is 0 Å². The first-order valence-electron chi connectivity index (χ1n) is 6.93. The van der Waals surface area contributed by atoms with Crippen molar-refractivity contribution in [3.63, 3.8) is 0 Å². The first kappa shape index (κ1) is 17.5. The van der Waals surface area contributed by atoms with Crippen LogP contribution in [0.4, 0.5) is 10.7 Å². The Bertz CT molecular complexity index is 510. The molecule has 0 saturated carbocycles. The Morgan fingerprint density at radius 3 is 2.43 bits per heavy atom. The molecule has 0 aromatic carbocycles. The molecule has 1 aromatic heterocycles. The summed E-state index contributed by atoms with van der Waals surface area (Å²) >= 11 is 1.20. The Kier molecular flexibility index (Phi) is 6.64. The van der Waals surface area contributed by atoms with E-state index in [-0.39, 0.29) is 17.0 Å². The van der Waals surface area contributed by atoms with Crippen LogP contribution < -0.4 is 11.1 Å².